The van der Waals surface area contributed by atoms with Crippen LogP contribution in [-0.2, 0) is 10.0 Å². The van der Waals surface area contributed by atoms with Crippen molar-refractivity contribution < 1.29 is 27.4 Å². The van der Waals surface area contributed by atoms with Crippen LogP contribution in [0.25, 0.3) is 6.08 Å². The van der Waals surface area contributed by atoms with E-state index in [1.807, 2.05) is 0 Å². The summed E-state index contributed by atoms with van der Waals surface area (Å²) in [5, 5.41) is 1.02. The molecule has 0 saturated carbocycles. The minimum absolute atomic E-state index is 0.309. The Kier molecular flexibility index (Phi) is 6.29. The van der Waals surface area contributed by atoms with Crippen LogP contribution in [0.15, 0.2) is 35.9 Å². The highest BCUT2D eigenvalue weighted by Crippen LogP contribution is 2.35. The predicted molar refractivity (Wildman–Crippen MR) is 98.5 cm³/mol. The van der Waals surface area contributed by atoms with Gasteiger partial charge in [0, 0.05) is 18.2 Å². The lowest BCUT2D eigenvalue weighted by Crippen LogP contribution is -2.09. The number of methoxy groups -OCH3 is 4. The van der Waals surface area contributed by atoms with Crippen molar-refractivity contribution in [3.63, 3.8) is 0 Å². The van der Waals surface area contributed by atoms with E-state index < -0.39 is 10.0 Å². The highest BCUT2D eigenvalue weighted by atomic mass is 32.2. The van der Waals surface area contributed by atoms with E-state index in [9.17, 15) is 8.42 Å². The van der Waals surface area contributed by atoms with Crippen LogP contribution in [0, 0.1) is 0 Å². The molecule has 0 radical (unpaired) electrons. The van der Waals surface area contributed by atoms with E-state index in [1.165, 1.54) is 40.7 Å². The van der Waals surface area contributed by atoms with Crippen LogP contribution in [0.2, 0.25) is 0 Å². The van der Waals surface area contributed by atoms with Crippen molar-refractivity contribution >= 4 is 21.8 Å². The number of anilines is 1. The lowest BCUT2D eigenvalue weighted by Gasteiger charge is -2.12. The van der Waals surface area contributed by atoms with Crippen LogP contribution in [-0.4, -0.2) is 41.8 Å². The van der Waals surface area contributed by atoms with E-state index >= 15 is 0 Å². The minimum atomic E-state index is -3.77. The van der Waals surface area contributed by atoms with Gasteiger partial charge in [-0.3, -0.25) is 4.72 Å². The van der Waals surface area contributed by atoms with Crippen LogP contribution in [0.5, 0.6) is 23.1 Å². The lowest BCUT2D eigenvalue weighted by molar-refractivity contribution is 0.374. The molecule has 26 heavy (non-hydrogen) atoms. The van der Waals surface area contributed by atoms with Gasteiger partial charge in [-0.05, 0) is 12.1 Å². The maximum absolute atomic E-state index is 12.3. The summed E-state index contributed by atoms with van der Waals surface area (Å²) in [7, 11) is 2.17. The summed E-state index contributed by atoms with van der Waals surface area (Å²) in [6.07, 6.45) is 2.75. The Labute approximate surface area is 152 Å². The number of rotatable bonds is 8. The van der Waals surface area contributed by atoms with Crippen LogP contribution in [0.3, 0.4) is 0 Å². The topological polar surface area (TPSA) is 96.0 Å². The van der Waals surface area contributed by atoms with Crippen LogP contribution < -0.4 is 23.7 Å². The Hall–Kier alpha value is -2.94. The first-order chi connectivity index (χ1) is 12.4. The molecule has 2 rings (SSSR count). The highest BCUT2D eigenvalue weighted by molar-refractivity contribution is 7.95. The monoisotopic (exact) mass is 380 g/mol. The van der Waals surface area contributed by atoms with Gasteiger partial charge < -0.3 is 18.9 Å². The Morgan fingerprint density at radius 3 is 2.08 bits per heavy atom. The molecule has 0 atom stereocenters. The fourth-order valence-corrected chi connectivity index (χ4v) is 2.95. The fourth-order valence-electron chi connectivity index (χ4n) is 2.11. The number of ether oxygens (including phenoxy) is 4. The van der Waals surface area contributed by atoms with Crippen molar-refractivity contribution in [2.75, 3.05) is 33.2 Å². The number of hydrogen-bond donors (Lipinski definition) is 1. The summed E-state index contributed by atoms with van der Waals surface area (Å²) in [4.78, 5) is 3.95. The average molecular weight is 380 g/mol. The molecule has 8 nitrogen and oxygen atoms in total. The Morgan fingerprint density at radius 1 is 0.962 bits per heavy atom. The first-order valence-electron chi connectivity index (χ1n) is 7.43. The molecule has 0 saturated heterocycles. The quantitative estimate of drug-likeness (QED) is 0.752. The largest absolute Gasteiger partial charge is 0.496 e. The van der Waals surface area contributed by atoms with Gasteiger partial charge in [0.15, 0.2) is 0 Å². The van der Waals surface area contributed by atoms with Gasteiger partial charge in [-0.2, -0.15) is 0 Å². The maximum Gasteiger partial charge on any atom is 0.255 e. The molecule has 0 fully saturated rings. The third kappa shape index (κ3) is 4.79. The third-order valence-corrected chi connectivity index (χ3v) is 4.39. The summed E-state index contributed by atoms with van der Waals surface area (Å²) in [6, 6.07) is 6.37. The Morgan fingerprint density at radius 2 is 1.62 bits per heavy atom. The zero-order valence-corrected chi connectivity index (χ0v) is 15.7. The molecule has 0 aliphatic heterocycles. The van der Waals surface area contributed by atoms with Crippen molar-refractivity contribution in [3.05, 3.63) is 41.4 Å². The molecule has 1 heterocycles. The molecule has 0 aliphatic carbocycles. The van der Waals surface area contributed by atoms with E-state index in [0.717, 1.165) is 5.41 Å². The van der Waals surface area contributed by atoms with Crippen molar-refractivity contribution in [1.29, 1.82) is 0 Å². The molecule has 2 aromatic rings. The number of aromatic nitrogens is 1. The average Bonchev–Trinajstić information content (AvgIpc) is 2.65. The van der Waals surface area contributed by atoms with Gasteiger partial charge in [-0.1, -0.05) is 0 Å². The number of nitrogens with zero attached hydrogens (tertiary/aromatic N) is 1. The van der Waals surface area contributed by atoms with E-state index in [2.05, 4.69) is 9.71 Å². The number of sulfonamides is 1. The zero-order chi connectivity index (χ0) is 19.2. The predicted octanol–water partition coefficient (Wildman–Crippen LogP) is 2.53. The van der Waals surface area contributed by atoms with Crippen molar-refractivity contribution in [3.8, 4) is 23.1 Å². The molecule has 9 heteroatoms. The minimum Gasteiger partial charge on any atom is -0.496 e. The molecule has 1 aromatic heterocycles. The summed E-state index contributed by atoms with van der Waals surface area (Å²) < 4.78 is 47.6. The third-order valence-electron chi connectivity index (χ3n) is 3.37. The van der Waals surface area contributed by atoms with E-state index in [4.69, 9.17) is 18.9 Å². The molecule has 0 bridgehead atoms. The lowest BCUT2D eigenvalue weighted by atomic mass is 10.1. The Balaban J connectivity index is 2.29. The Bertz CT molecular complexity index is 854. The molecular formula is C17H20N2O6S. The number of nitrogens with one attached hydrogen (secondary N) is 1. The van der Waals surface area contributed by atoms with Crippen LogP contribution in [0.4, 0.5) is 5.69 Å². The number of hydrogen-bond acceptors (Lipinski definition) is 7. The molecule has 1 aromatic carbocycles. The van der Waals surface area contributed by atoms with Crippen molar-refractivity contribution in [1.82, 2.24) is 4.98 Å². The van der Waals surface area contributed by atoms with Crippen molar-refractivity contribution in [2.45, 2.75) is 0 Å². The van der Waals surface area contributed by atoms with Gasteiger partial charge in [0.1, 0.15) is 17.2 Å². The summed E-state index contributed by atoms with van der Waals surface area (Å²) >= 11 is 0. The van der Waals surface area contributed by atoms with Gasteiger partial charge in [-0.25, -0.2) is 13.4 Å². The van der Waals surface area contributed by atoms with E-state index in [0.29, 0.717) is 34.4 Å². The van der Waals surface area contributed by atoms with Crippen LogP contribution >= 0.6 is 0 Å². The SMILES string of the molecule is COc1cc(OC)c(/C=C/S(=O)(=O)Nc2ccc(OC)nc2)c(OC)c1. The number of pyridine rings is 1. The summed E-state index contributed by atoms with van der Waals surface area (Å²) in [6.45, 7) is 0. The van der Waals surface area contributed by atoms with E-state index in [1.54, 1.807) is 24.3 Å². The zero-order valence-electron chi connectivity index (χ0n) is 14.8. The first-order valence-corrected chi connectivity index (χ1v) is 8.98. The molecule has 0 amide bonds. The molecule has 0 spiro atoms. The summed E-state index contributed by atoms with van der Waals surface area (Å²) in [5.74, 6) is 1.75. The fraction of sp³-hybridized carbons (Fsp3) is 0.235. The number of benzene rings is 1. The molecule has 0 aliphatic rings. The van der Waals surface area contributed by atoms with Crippen molar-refractivity contribution in [2.24, 2.45) is 0 Å². The maximum atomic E-state index is 12.3. The normalized spacial score (nSPS) is 11.2. The second kappa shape index (κ2) is 8.43. The molecule has 0 unspecified atom stereocenters. The van der Waals surface area contributed by atoms with Gasteiger partial charge in [0.05, 0.1) is 51.3 Å². The van der Waals surface area contributed by atoms with Crippen LogP contribution in [0.1, 0.15) is 5.56 Å². The molecule has 140 valence electrons. The molecule has 1 N–H and O–H groups in total. The smallest absolute Gasteiger partial charge is 0.255 e. The van der Waals surface area contributed by atoms with Gasteiger partial charge >= 0.3 is 0 Å². The van der Waals surface area contributed by atoms with Gasteiger partial charge in [-0.15, -0.1) is 0 Å². The summed E-state index contributed by atoms with van der Waals surface area (Å²) in [5.41, 5.74) is 0.776. The standard InChI is InChI=1S/C17H20N2O6S/c1-22-13-9-15(23-2)14(16(10-13)24-3)7-8-26(20,21)19-12-5-6-17(25-4)18-11-12/h5-11,19H,1-4H3/b8-7+. The second-order valence-corrected chi connectivity index (χ2v) is 6.55. The second-order valence-electron chi connectivity index (χ2n) is 4.98. The molecular weight excluding hydrogens is 360 g/mol. The van der Waals surface area contributed by atoms with E-state index in [-0.39, 0.29) is 0 Å². The van der Waals surface area contributed by atoms with Gasteiger partial charge in [0.2, 0.25) is 5.88 Å². The van der Waals surface area contributed by atoms with Gasteiger partial charge in [0.25, 0.3) is 10.0 Å². The first kappa shape index (κ1) is 19.4. The highest BCUT2D eigenvalue weighted by Gasteiger charge is 2.13.